The Morgan fingerprint density at radius 2 is 1.62 bits per heavy atom. The second-order valence-electron chi connectivity index (χ2n) is 22.7. The molecular weight excluding hydrogens is 1000 g/mol. The van der Waals surface area contributed by atoms with Crippen LogP contribution in [0.3, 0.4) is 0 Å². The highest BCUT2D eigenvalue weighted by molar-refractivity contribution is 5.72. The van der Waals surface area contributed by atoms with Gasteiger partial charge >= 0.3 is 0 Å². The third-order valence-corrected chi connectivity index (χ3v) is 16.6. The van der Waals surface area contributed by atoms with Crippen molar-refractivity contribution < 1.29 is 38.2 Å². The minimum absolute atomic E-state index is 0.0490. The summed E-state index contributed by atoms with van der Waals surface area (Å²) < 4.78 is 36.5. The molecule has 5 fully saturated rings. The van der Waals surface area contributed by atoms with Crippen LogP contribution in [0, 0.1) is 62.2 Å². The van der Waals surface area contributed by atoms with Crippen molar-refractivity contribution >= 4 is 0 Å². The first kappa shape index (κ1) is 53.7. The number of benzene rings is 3. The fourth-order valence-corrected chi connectivity index (χ4v) is 11.7. The van der Waals surface area contributed by atoms with Crippen LogP contribution < -0.4 is 9.36 Å². The lowest BCUT2D eigenvalue weighted by molar-refractivity contribution is -0.795. The van der Waals surface area contributed by atoms with Crippen LogP contribution in [0.2, 0.25) is 0 Å². The Morgan fingerprint density at radius 3 is 2.41 bits per heavy atom. The maximum Gasteiger partial charge on any atom is 0.206 e. The van der Waals surface area contributed by atoms with Gasteiger partial charge in [0.15, 0.2) is 6.20 Å². The quantitative estimate of drug-likeness (QED) is 0.0603. The van der Waals surface area contributed by atoms with E-state index in [9.17, 15) is 5.11 Å². The smallest absolute Gasteiger partial charge is 0.206 e. The van der Waals surface area contributed by atoms with Gasteiger partial charge < -0.3 is 28.8 Å². The van der Waals surface area contributed by atoms with E-state index < -0.39 is 5.60 Å². The number of aliphatic hydroxyl groups is 1. The summed E-state index contributed by atoms with van der Waals surface area (Å²) in [4.78, 5) is 8.21. The molecule has 0 radical (unpaired) electrons. The first-order chi connectivity index (χ1) is 39.1. The molecule has 0 bridgehead atoms. The molecule has 3 aromatic carbocycles. The molecule has 2 saturated carbocycles. The summed E-state index contributed by atoms with van der Waals surface area (Å²) in [5, 5.41) is 31.8. The van der Waals surface area contributed by atoms with E-state index in [-0.39, 0.29) is 18.3 Å². The molecule has 6 atom stereocenters. The summed E-state index contributed by atoms with van der Waals surface area (Å²) in [6, 6.07) is 27.2. The molecule has 3 aliphatic heterocycles. The predicted octanol–water partition coefficient (Wildman–Crippen LogP) is 8.08. The van der Waals surface area contributed by atoms with Crippen molar-refractivity contribution in [2.45, 2.75) is 135 Å². The molecule has 16 nitrogen and oxygen atoms in total. The molecule has 5 aliphatic rings. The number of aromatic nitrogens is 10. The zero-order valence-corrected chi connectivity index (χ0v) is 46.5. The van der Waals surface area contributed by atoms with Crippen LogP contribution in [0.15, 0.2) is 97.5 Å². The Morgan fingerprint density at radius 1 is 0.762 bits per heavy atom. The molecule has 0 amide bonds. The number of hydrogen-bond donors (Lipinski definition) is 1. The molecule has 4 aromatic heterocycles. The molecule has 7 heterocycles. The van der Waals surface area contributed by atoms with Crippen LogP contribution in [-0.2, 0) is 43.3 Å². The Kier molecular flexibility index (Phi) is 16.4. The van der Waals surface area contributed by atoms with Crippen molar-refractivity contribution in [2.75, 3.05) is 46.2 Å². The first-order valence-electron chi connectivity index (χ1n) is 29.1. The third kappa shape index (κ3) is 13.0. The Balaban J connectivity index is 0.734. The fraction of sp³-hybridized carbons (Fsp3) is 0.484. The average Bonchev–Trinajstić information content (AvgIpc) is 3.97. The highest BCUT2D eigenvalue weighted by Crippen LogP contribution is 2.40. The highest BCUT2D eigenvalue weighted by Gasteiger charge is 2.39. The second kappa shape index (κ2) is 24.5. The van der Waals surface area contributed by atoms with Gasteiger partial charge in [-0.05, 0) is 169 Å². The van der Waals surface area contributed by atoms with E-state index >= 15 is 0 Å². The molecule has 414 valence electrons. The van der Waals surface area contributed by atoms with Gasteiger partial charge in [-0.15, -0.1) is 9.78 Å². The summed E-state index contributed by atoms with van der Waals surface area (Å²) in [5.74, 6) is 14.8. The van der Waals surface area contributed by atoms with Crippen LogP contribution in [0.4, 0.5) is 0 Å². The standard InChI is InChI=1S/C64H74N10O6/c1-45-34-50(26-28-64(75)27-7-10-54(36-64)56-23-24-58(80-42-56)39-72-47(3)63(66-68-72)53-9-6-8-52(35-53)55-20-12-46(2)65-37-55)19-25-60(45)62-41-70(38-57-11-4-5-30-78-57)69-73(62)74-67-61(51-21-17-49(18-22-51)16-15-48-13-14-48)40-71(74)29-31-76-43-59-44-77-32-33-79-59/h6,8-9,12,17-22,25,34-35,37,40-41,48,54,56-59,75H,4-5,7,10-11,13-14,23-24,27,29-33,36,38-39,42-44H2,1-3H3/q+2/t54?,56?,57-,58-,59+,64?/m1/s1. The van der Waals surface area contributed by atoms with E-state index in [1.165, 1.54) is 12.8 Å². The number of ether oxygens (including phenoxy) is 5. The van der Waals surface area contributed by atoms with Crippen LogP contribution in [0.5, 0.6) is 0 Å². The van der Waals surface area contributed by atoms with Gasteiger partial charge in [0.05, 0.1) is 74.2 Å². The Hall–Kier alpha value is -6.89. The van der Waals surface area contributed by atoms with Gasteiger partial charge in [0.1, 0.15) is 36.7 Å². The van der Waals surface area contributed by atoms with Gasteiger partial charge in [-0.3, -0.25) is 4.98 Å². The third-order valence-electron chi connectivity index (χ3n) is 16.6. The van der Waals surface area contributed by atoms with Crippen molar-refractivity contribution in [1.82, 2.24) is 40.0 Å². The number of aryl methyl sites for hydroxylation is 2. The molecule has 3 saturated heterocycles. The van der Waals surface area contributed by atoms with Crippen LogP contribution in [0.25, 0.3) is 44.9 Å². The monoisotopic (exact) mass is 1080 g/mol. The normalized spacial score (nSPS) is 23.2. The van der Waals surface area contributed by atoms with Crippen molar-refractivity contribution in [1.29, 1.82) is 0 Å². The number of hydrogen-bond acceptors (Lipinski definition) is 11. The van der Waals surface area contributed by atoms with Gasteiger partial charge in [0, 0.05) is 67.7 Å². The van der Waals surface area contributed by atoms with E-state index in [2.05, 4.69) is 143 Å². The summed E-state index contributed by atoms with van der Waals surface area (Å²) in [6.07, 6.45) is 17.0. The van der Waals surface area contributed by atoms with E-state index in [4.69, 9.17) is 34.0 Å². The van der Waals surface area contributed by atoms with Gasteiger partial charge in [0.25, 0.3) is 0 Å². The van der Waals surface area contributed by atoms with Gasteiger partial charge in [-0.1, -0.05) is 53.2 Å². The number of pyridine rings is 1. The SMILES string of the molecule is Cc1ccc(-c2cccc(-c3nnn(C[C@H]4CCC(C5CCCC(O)(C#Cc6ccc(-c7c[n+](C[C@H]8CCCCO8)nn7-n7nc(-c8ccc(C#CC9CC9)cc8)c[n+]7CCOC[C@H]7COCCO7)c(C)c6)C5)CO4)c3C)c2)cn1. The number of nitrogens with zero attached hydrogens (tertiary/aromatic N) is 10. The van der Waals surface area contributed by atoms with Gasteiger partial charge in [-0.25, -0.2) is 4.68 Å². The molecule has 7 aromatic rings. The van der Waals surface area contributed by atoms with E-state index in [0.717, 1.165) is 125 Å². The molecule has 0 spiro atoms. The molecule has 12 rings (SSSR count). The summed E-state index contributed by atoms with van der Waals surface area (Å²) in [7, 11) is 0. The van der Waals surface area contributed by atoms with Crippen LogP contribution in [-0.4, -0.2) is 115 Å². The molecular formula is C64H74N10O6+2. The lowest BCUT2D eigenvalue weighted by Gasteiger charge is -2.40. The van der Waals surface area contributed by atoms with Crippen LogP contribution in [0.1, 0.15) is 98.7 Å². The topological polar surface area (TPSA) is 153 Å². The lowest BCUT2D eigenvalue weighted by atomic mass is 9.71. The largest absolute Gasteiger partial charge is 0.378 e. The lowest BCUT2D eigenvalue weighted by Crippen LogP contribution is -2.50. The Bertz CT molecular complexity index is 3380. The van der Waals surface area contributed by atoms with Gasteiger partial charge in [-0.2, -0.15) is 4.68 Å². The van der Waals surface area contributed by atoms with E-state index in [1.807, 2.05) is 38.2 Å². The van der Waals surface area contributed by atoms with Crippen molar-refractivity contribution in [3.63, 3.8) is 0 Å². The molecule has 3 unspecified atom stereocenters. The van der Waals surface area contributed by atoms with Gasteiger partial charge in [0.2, 0.25) is 11.4 Å². The van der Waals surface area contributed by atoms with Crippen molar-refractivity contribution in [2.24, 2.45) is 17.8 Å². The molecule has 16 heteroatoms. The number of rotatable bonds is 15. The van der Waals surface area contributed by atoms with E-state index in [0.29, 0.717) is 89.9 Å². The summed E-state index contributed by atoms with van der Waals surface area (Å²) >= 11 is 0. The van der Waals surface area contributed by atoms with E-state index in [1.54, 1.807) is 0 Å². The maximum absolute atomic E-state index is 12.1. The zero-order chi connectivity index (χ0) is 54.4. The fourth-order valence-electron chi connectivity index (χ4n) is 11.7. The molecule has 2 aliphatic carbocycles. The average molecular weight is 1080 g/mol. The molecule has 1 N–H and O–H groups in total. The Labute approximate surface area is 469 Å². The first-order valence-corrected chi connectivity index (χ1v) is 29.1. The second-order valence-corrected chi connectivity index (χ2v) is 22.7. The highest BCUT2D eigenvalue weighted by atomic mass is 16.6. The minimum Gasteiger partial charge on any atom is -0.378 e. The zero-order valence-electron chi connectivity index (χ0n) is 46.5. The predicted molar refractivity (Wildman–Crippen MR) is 300 cm³/mol. The van der Waals surface area contributed by atoms with Crippen molar-refractivity contribution in [3.8, 4) is 68.6 Å². The minimum atomic E-state index is -1.07. The van der Waals surface area contributed by atoms with Crippen LogP contribution >= 0.6 is 0 Å². The maximum atomic E-state index is 12.1. The van der Waals surface area contributed by atoms with Crippen molar-refractivity contribution in [3.05, 3.63) is 126 Å². The summed E-state index contributed by atoms with van der Waals surface area (Å²) in [6.45, 7) is 12.0. The summed E-state index contributed by atoms with van der Waals surface area (Å²) in [5.41, 5.74) is 11.6. The molecule has 80 heavy (non-hydrogen) atoms.